The molecule has 1 aliphatic rings. The molecule has 9 nitrogen and oxygen atoms in total. The highest BCUT2D eigenvalue weighted by Crippen LogP contribution is 2.39. The summed E-state index contributed by atoms with van der Waals surface area (Å²) in [7, 11) is 5.57. The van der Waals surface area contributed by atoms with Gasteiger partial charge in [0.05, 0.1) is 32.0 Å². The lowest BCUT2D eigenvalue weighted by atomic mass is 10.1. The van der Waals surface area contributed by atoms with Crippen LogP contribution >= 0.6 is 21.6 Å². The summed E-state index contributed by atoms with van der Waals surface area (Å²) in [5, 5.41) is 12.9. The van der Waals surface area contributed by atoms with Crippen LogP contribution in [-0.4, -0.2) is 45.6 Å². The summed E-state index contributed by atoms with van der Waals surface area (Å²) in [5.41, 5.74) is 2.16. The van der Waals surface area contributed by atoms with Crippen LogP contribution in [0.25, 0.3) is 22.1 Å². The third kappa shape index (κ3) is 9.27. The van der Waals surface area contributed by atoms with Crippen LogP contribution in [0.3, 0.4) is 0 Å². The summed E-state index contributed by atoms with van der Waals surface area (Å²) < 4.78 is 18.5. The minimum absolute atomic E-state index is 0.0786. The molecule has 0 radical (unpaired) electrons. The Bertz CT molecular complexity index is 1530. The maximum Gasteiger partial charge on any atom is 0.344 e. The predicted octanol–water partition coefficient (Wildman–Crippen LogP) is 6.64. The van der Waals surface area contributed by atoms with E-state index < -0.39 is 5.63 Å². The summed E-state index contributed by atoms with van der Waals surface area (Å²) in [5.74, 6) is 2.74. The SMILES string of the molecule is COc1ccc(-c2cc3ccc(OCCCCCn4cc(CNC(=O)CCCCC5CCSS5)nn4)cc3oc2=O)cc1. The average Bonchev–Trinajstić information content (AvgIpc) is 3.72. The number of unbranched alkanes of at least 4 members (excludes halogenated alkanes) is 3. The van der Waals surface area contributed by atoms with Crippen LogP contribution in [0.1, 0.15) is 57.1 Å². The lowest BCUT2D eigenvalue weighted by Gasteiger charge is -2.08. The quantitative estimate of drug-likeness (QED) is 0.0836. The van der Waals surface area contributed by atoms with Gasteiger partial charge < -0.3 is 19.2 Å². The summed E-state index contributed by atoms with van der Waals surface area (Å²) in [6, 6.07) is 14.7. The van der Waals surface area contributed by atoms with Crippen molar-refractivity contribution in [1.82, 2.24) is 20.3 Å². The standard InChI is InChI=1S/C32H38N4O5S2/c1-39-26-12-9-23(10-13-26)29-19-24-11-14-27(20-30(24)41-32(29)38)40-17-6-2-5-16-36-22-25(34-35-36)21-33-31(37)8-4-3-7-28-15-18-42-43-28/h9-14,19-20,22,28H,2-8,15-18,21H2,1H3,(H,33,37). The number of fused-ring (bicyclic) bond motifs is 1. The highest BCUT2D eigenvalue weighted by molar-refractivity contribution is 8.77. The minimum Gasteiger partial charge on any atom is -0.497 e. The van der Waals surface area contributed by atoms with E-state index in [1.165, 1.54) is 18.6 Å². The van der Waals surface area contributed by atoms with E-state index in [0.717, 1.165) is 66.3 Å². The first-order chi connectivity index (χ1) is 21.1. The zero-order valence-corrected chi connectivity index (χ0v) is 26.1. The van der Waals surface area contributed by atoms with E-state index in [0.29, 0.717) is 36.5 Å². The van der Waals surface area contributed by atoms with E-state index in [2.05, 4.69) is 15.6 Å². The molecule has 4 aromatic rings. The highest BCUT2D eigenvalue weighted by atomic mass is 33.1. The molecule has 0 spiro atoms. The predicted molar refractivity (Wildman–Crippen MR) is 173 cm³/mol. The van der Waals surface area contributed by atoms with Crippen LogP contribution in [0, 0.1) is 0 Å². The van der Waals surface area contributed by atoms with Crippen LogP contribution in [-0.2, 0) is 17.9 Å². The molecule has 1 N–H and O–H groups in total. The number of carbonyl (C=O) groups excluding carboxylic acids is 1. The van der Waals surface area contributed by atoms with Gasteiger partial charge in [0.1, 0.15) is 22.8 Å². The van der Waals surface area contributed by atoms with Crippen molar-refractivity contribution in [3.8, 4) is 22.6 Å². The second-order valence-electron chi connectivity index (χ2n) is 10.6. The van der Waals surface area contributed by atoms with Crippen molar-refractivity contribution in [2.24, 2.45) is 0 Å². The van der Waals surface area contributed by atoms with Crippen LogP contribution in [0.5, 0.6) is 11.5 Å². The summed E-state index contributed by atoms with van der Waals surface area (Å²) in [6.07, 6.45) is 9.82. The van der Waals surface area contributed by atoms with Gasteiger partial charge in [0.2, 0.25) is 5.91 Å². The first-order valence-corrected chi connectivity index (χ1v) is 17.2. The normalized spacial score (nSPS) is 14.7. The number of benzene rings is 2. The lowest BCUT2D eigenvalue weighted by molar-refractivity contribution is -0.121. The molecule has 3 heterocycles. The van der Waals surface area contributed by atoms with Gasteiger partial charge >= 0.3 is 5.63 Å². The van der Waals surface area contributed by atoms with E-state index in [9.17, 15) is 9.59 Å². The van der Waals surface area contributed by atoms with Crippen molar-refractivity contribution < 1.29 is 18.7 Å². The van der Waals surface area contributed by atoms with E-state index in [-0.39, 0.29) is 5.91 Å². The molecule has 5 rings (SSSR count). The topological polar surface area (TPSA) is 108 Å². The van der Waals surface area contributed by atoms with Gasteiger partial charge in [-0.1, -0.05) is 45.4 Å². The third-order valence-corrected chi connectivity index (χ3v) is 10.4. The molecular weight excluding hydrogens is 585 g/mol. The number of aryl methyl sites for hydroxylation is 1. The van der Waals surface area contributed by atoms with Crippen molar-refractivity contribution in [2.75, 3.05) is 19.5 Å². The Kier molecular flexibility index (Phi) is 11.4. The second kappa shape index (κ2) is 15.9. The Balaban J connectivity index is 0.973. The lowest BCUT2D eigenvalue weighted by Crippen LogP contribution is -2.22. The number of amides is 1. The number of nitrogens with zero attached hydrogens (tertiary/aromatic N) is 3. The fourth-order valence-electron chi connectivity index (χ4n) is 4.92. The van der Waals surface area contributed by atoms with Crippen LogP contribution in [0.4, 0.5) is 0 Å². The van der Waals surface area contributed by atoms with E-state index in [1.54, 1.807) is 13.2 Å². The molecule has 1 saturated heterocycles. The maximum atomic E-state index is 12.6. The molecule has 1 atom stereocenters. The molecule has 1 aliphatic heterocycles. The van der Waals surface area contributed by atoms with Gasteiger partial charge in [0, 0.05) is 35.4 Å². The van der Waals surface area contributed by atoms with Gasteiger partial charge in [-0.3, -0.25) is 9.48 Å². The van der Waals surface area contributed by atoms with E-state index in [1.807, 2.05) is 74.9 Å². The zero-order chi connectivity index (χ0) is 29.9. The van der Waals surface area contributed by atoms with Crippen molar-refractivity contribution in [3.63, 3.8) is 0 Å². The molecule has 2 aromatic heterocycles. The van der Waals surface area contributed by atoms with Crippen LogP contribution in [0.15, 0.2) is 63.9 Å². The number of hydrogen-bond donors (Lipinski definition) is 1. The Labute approximate surface area is 259 Å². The Morgan fingerprint density at radius 2 is 1.93 bits per heavy atom. The molecular formula is C32H38N4O5S2. The van der Waals surface area contributed by atoms with Crippen molar-refractivity contribution in [3.05, 3.63) is 70.8 Å². The molecule has 0 aliphatic carbocycles. The number of carbonyl (C=O) groups is 1. The van der Waals surface area contributed by atoms with Crippen molar-refractivity contribution in [1.29, 1.82) is 0 Å². The molecule has 1 fully saturated rings. The molecule has 0 saturated carbocycles. The van der Waals surface area contributed by atoms with Crippen LogP contribution < -0.4 is 20.4 Å². The maximum absolute atomic E-state index is 12.6. The molecule has 0 bridgehead atoms. The fourth-order valence-corrected chi connectivity index (χ4v) is 7.95. The molecule has 11 heteroatoms. The average molecular weight is 623 g/mol. The van der Waals surface area contributed by atoms with Gasteiger partial charge in [-0.05, 0) is 74.4 Å². The highest BCUT2D eigenvalue weighted by Gasteiger charge is 2.16. The first kappa shape index (κ1) is 31.0. The summed E-state index contributed by atoms with van der Waals surface area (Å²) in [4.78, 5) is 24.8. The molecule has 43 heavy (non-hydrogen) atoms. The Hall–Kier alpha value is -3.44. The number of ether oxygens (including phenoxy) is 2. The molecule has 2 aromatic carbocycles. The van der Waals surface area contributed by atoms with Gasteiger partial charge in [-0.25, -0.2) is 4.79 Å². The van der Waals surface area contributed by atoms with Crippen molar-refractivity contribution >= 4 is 38.5 Å². The monoisotopic (exact) mass is 622 g/mol. The Morgan fingerprint density at radius 3 is 2.74 bits per heavy atom. The molecule has 1 unspecified atom stereocenters. The zero-order valence-electron chi connectivity index (χ0n) is 24.5. The summed E-state index contributed by atoms with van der Waals surface area (Å²) >= 11 is 0. The number of rotatable bonds is 16. The third-order valence-electron chi connectivity index (χ3n) is 7.37. The number of methoxy groups -OCH3 is 1. The van der Waals surface area contributed by atoms with Crippen LogP contribution in [0.2, 0.25) is 0 Å². The summed E-state index contributed by atoms with van der Waals surface area (Å²) in [6.45, 7) is 1.74. The number of nitrogens with one attached hydrogen (secondary N) is 1. The van der Waals surface area contributed by atoms with E-state index in [4.69, 9.17) is 13.9 Å². The smallest absolute Gasteiger partial charge is 0.344 e. The minimum atomic E-state index is -0.392. The van der Waals surface area contributed by atoms with Gasteiger partial charge in [0.25, 0.3) is 0 Å². The molecule has 228 valence electrons. The number of hydrogen-bond acceptors (Lipinski definition) is 9. The Morgan fingerprint density at radius 1 is 1.07 bits per heavy atom. The van der Waals surface area contributed by atoms with Gasteiger partial charge in [0.15, 0.2) is 0 Å². The van der Waals surface area contributed by atoms with Gasteiger partial charge in [-0.15, -0.1) is 5.10 Å². The van der Waals surface area contributed by atoms with Crippen molar-refractivity contribution in [2.45, 2.75) is 69.7 Å². The second-order valence-corrected chi connectivity index (χ2v) is 13.4. The first-order valence-electron chi connectivity index (χ1n) is 14.9. The fraction of sp³-hybridized carbons (Fsp3) is 0.438. The molecule has 1 amide bonds. The largest absolute Gasteiger partial charge is 0.497 e. The number of aromatic nitrogens is 3. The van der Waals surface area contributed by atoms with Gasteiger partial charge in [-0.2, -0.15) is 0 Å². The van der Waals surface area contributed by atoms with E-state index >= 15 is 0 Å².